The standard InChI is InChI=1S/C11H8F6O/c1-5-7(10(12,13)14)3-4-8(11(15,16)17)9(5)6(2)18/h3-4H,1-2H3. The summed E-state index contributed by atoms with van der Waals surface area (Å²) in [6.07, 6.45) is -9.66. The topological polar surface area (TPSA) is 17.1 Å². The number of ketones is 1. The summed E-state index contributed by atoms with van der Waals surface area (Å²) in [5.41, 5.74) is -4.22. The van der Waals surface area contributed by atoms with E-state index in [2.05, 4.69) is 0 Å². The number of benzene rings is 1. The van der Waals surface area contributed by atoms with Crippen LogP contribution in [0.25, 0.3) is 0 Å². The maximum Gasteiger partial charge on any atom is 0.417 e. The minimum Gasteiger partial charge on any atom is -0.294 e. The molecule has 0 amide bonds. The molecule has 18 heavy (non-hydrogen) atoms. The highest BCUT2D eigenvalue weighted by atomic mass is 19.4. The smallest absolute Gasteiger partial charge is 0.294 e. The Morgan fingerprint density at radius 3 is 1.67 bits per heavy atom. The number of carbonyl (C=O) groups excluding carboxylic acids is 1. The van der Waals surface area contributed by atoms with E-state index in [4.69, 9.17) is 0 Å². The molecule has 0 atom stereocenters. The van der Waals surface area contributed by atoms with Crippen LogP contribution in [0.4, 0.5) is 26.3 Å². The van der Waals surface area contributed by atoms with Gasteiger partial charge in [-0.05, 0) is 31.5 Å². The van der Waals surface area contributed by atoms with Crippen molar-refractivity contribution in [3.63, 3.8) is 0 Å². The predicted molar refractivity (Wildman–Crippen MR) is 51.2 cm³/mol. The maximum atomic E-state index is 12.6. The summed E-state index contributed by atoms with van der Waals surface area (Å²) < 4.78 is 75.3. The van der Waals surface area contributed by atoms with Crippen molar-refractivity contribution < 1.29 is 31.1 Å². The van der Waals surface area contributed by atoms with Crippen molar-refractivity contribution >= 4 is 5.78 Å². The van der Waals surface area contributed by atoms with Crippen molar-refractivity contribution in [2.45, 2.75) is 26.2 Å². The van der Waals surface area contributed by atoms with E-state index in [1.54, 1.807) is 0 Å². The third-order valence-electron chi connectivity index (χ3n) is 2.43. The van der Waals surface area contributed by atoms with Gasteiger partial charge in [-0.15, -0.1) is 0 Å². The molecule has 0 fully saturated rings. The van der Waals surface area contributed by atoms with E-state index in [0.717, 1.165) is 13.8 Å². The number of hydrogen-bond acceptors (Lipinski definition) is 1. The second kappa shape index (κ2) is 4.29. The van der Waals surface area contributed by atoms with Crippen LogP contribution in [0.5, 0.6) is 0 Å². The fraction of sp³-hybridized carbons (Fsp3) is 0.364. The molecule has 0 saturated carbocycles. The van der Waals surface area contributed by atoms with Gasteiger partial charge >= 0.3 is 12.4 Å². The number of rotatable bonds is 1. The van der Waals surface area contributed by atoms with Crippen LogP contribution in [0.15, 0.2) is 12.1 Å². The van der Waals surface area contributed by atoms with Gasteiger partial charge in [0, 0.05) is 5.56 Å². The van der Waals surface area contributed by atoms with Gasteiger partial charge in [0.25, 0.3) is 0 Å². The van der Waals surface area contributed by atoms with Crippen LogP contribution in [0.1, 0.15) is 34.0 Å². The van der Waals surface area contributed by atoms with Crippen LogP contribution < -0.4 is 0 Å². The summed E-state index contributed by atoms with van der Waals surface area (Å²) in [7, 11) is 0. The van der Waals surface area contributed by atoms with E-state index in [9.17, 15) is 31.1 Å². The SMILES string of the molecule is CC(=O)c1c(C(F)(F)F)ccc(C(F)(F)F)c1C. The molecular weight excluding hydrogens is 262 g/mol. The maximum absolute atomic E-state index is 12.6. The number of halogens is 6. The molecule has 0 saturated heterocycles. The number of carbonyl (C=O) groups is 1. The van der Waals surface area contributed by atoms with Crippen LogP contribution in [0.3, 0.4) is 0 Å². The highest BCUT2D eigenvalue weighted by Gasteiger charge is 2.39. The molecule has 0 unspecified atom stereocenters. The normalized spacial score (nSPS) is 12.7. The third kappa shape index (κ3) is 2.65. The van der Waals surface area contributed by atoms with E-state index in [0.29, 0.717) is 6.07 Å². The Bertz CT molecular complexity index is 484. The second-order valence-corrected chi connectivity index (χ2v) is 3.71. The summed E-state index contributed by atoms with van der Waals surface area (Å²) >= 11 is 0. The first-order chi connectivity index (χ1) is 7.96. The molecule has 0 aromatic heterocycles. The Hall–Kier alpha value is -1.53. The minimum atomic E-state index is -4.87. The first-order valence-electron chi connectivity index (χ1n) is 4.75. The Kier molecular flexibility index (Phi) is 3.47. The number of alkyl halides is 6. The average molecular weight is 270 g/mol. The summed E-state index contributed by atoms with van der Waals surface area (Å²) in [5, 5.41) is 0. The minimum absolute atomic E-state index is 0.284. The first-order valence-corrected chi connectivity index (χ1v) is 4.75. The zero-order chi connectivity index (χ0) is 14.3. The molecule has 1 aromatic rings. The van der Waals surface area contributed by atoms with Crippen LogP contribution >= 0.6 is 0 Å². The van der Waals surface area contributed by atoms with Crippen LogP contribution in [-0.4, -0.2) is 5.78 Å². The molecule has 1 aromatic carbocycles. The Morgan fingerprint density at radius 1 is 0.944 bits per heavy atom. The molecule has 0 aliphatic heterocycles. The lowest BCUT2D eigenvalue weighted by atomic mass is 9.94. The van der Waals surface area contributed by atoms with Gasteiger partial charge in [0.15, 0.2) is 5.78 Å². The van der Waals surface area contributed by atoms with Crippen molar-refractivity contribution in [1.82, 2.24) is 0 Å². The molecule has 0 heterocycles. The van der Waals surface area contributed by atoms with Crippen LogP contribution in [0.2, 0.25) is 0 Å². The average Bonchev–Trinajstić information content (AvgIpc) is 2.12. The first kappa shape index (κ1) is 14.5. The zero-order valence-electron chi connectivity index (χ0n) is 9.33. The molecule has 0 radical (unpaired) electrons. The van der Waals surface area contributed by atoms with E-state index >= 15 is 0 Å². The quantitative estimate of drug-likeness (QED) is 0.551. The molecule has 0 aliphatic rings. The van der Waals surface area contributed by atoms with E-state index in [-0.39, 0.29) is 6.07 Å². The van der Waals surface area contributed by atoms with Crippen LogP contribution in [-0.2, 0) is 12.4 Å². The van der Waals surface area contributed by atoms with Crippen molar-refractivity contribution in [3.05, 3.63) is 34.4 Å². The van der Waals surface area contributed by atoms with Gasteiger partial charge in [-0.2, -0.15) is 26.3 Å². The lowest BCUT2D eigenvalue weighted by Gasteiger charge is -2.17. The molecule has 0 N–H and O–H groups in total. The lowest BCUT2D eigenvalue weighted by Crippen LogP contribution is -2.17. The van der Waals surface area contributed by atoms with Gasteiger partial charge in [0.05, 0.1) is 11.1 Å². The van der Waals surface area contributed by atoms with Crippen molar-refractivity contribution in [1.29, 1.82) is 0 Å². The van der Waals surface area contributed by atoms with Crippen molar-refractivity contribution in [2.24, 2.45) is 0 Å². The largest absolute Gasteiger partial charge is 0.417 e. The van der Waals surface area contributed by atoms with E-state index in [1.807, 2.05) is 0 Å². The number of hydrogen-bond donors (Lipinski definition) is 0. The molecule has 1 nitrogen and oxygen atoms in total. The van der Waals surface area contributed by atoms with Gasteiger partial charge in [0.1, 0.15) is 0 Å². The Morgan fingerprint density at radius 2 is 1.33 bits per heavy atom. The lowest BCUT2D eigenvalue weighted by molar-refractivity contribution is -0.141. The molecule has 0 aliphatic carbocycles. The van der Waals surface area contributed by atoms with Crippen molar-refractivity contribution in [3.8, 4) is 0 Å². The second-order valence-electron chi connectivity index (χ2n) is 3.71. The fourth-order valence-corrected chi connectivity index (χ4v) is 1.71. The van der Waals surface area contributed by atoms with Gasteiger partial charge in [-0.1, -0.05) is 0 Å². The summed E-state index contributed by atoms with van der Waals surface area (Å²) in [4.78, 5) is 11.1. The molecule has 1 rings (SSSR count). The Balaban J connectivity index is 3.64. The highest BCUT2D eigenvalue weighted by Crippen LogP contribution is 2.39. The summed E-state index contributed by atoms with van der Waals surface area (Å²) in [5.74, 6) is -1.05. The summed E-state index contributed by atoms with van der Waals surface area (Å²) in [6, 6.07) is 0.622. The Labute approximate surface area is 98.4 Å². The number of Topliss-reactive ketones (excluding diaryl/α,β-unsaturated/α-hetero) is 1. The fourth-order valence-electron chi connectivity index (χ4n) is 1.71. The third-order valence-corrected chi connectivity index (χ3v) is 2.43. The van der Waals surface area contributed by atoms with Gasteiger partial charge in [0.2, 0.25) is 0 Å². The van der Waals surface area contributed by atoms with E-state index in [1.165, 1.54) is 0 Å². The zero-order valence-corrected chi connectivity index (χ0v) is 9.33. The monoisotopic (exact) mass is 270 g/mol. The van der Waals surface area contributed by atoms with Gasteiger partial charge < -0.3 is 0 Å². The molecular formula is C11H8F6O. The van der Waals surface area contributed by atoms with Crippen molar-refractivity contribution in [2.75, 3.05) is 0 Å². The summed E-state index contributed by atoms with van der Waals surface area (Å²) in [6.45, 7) is 1.66. The molecule has 0 spiro atoms. The molecule has 7 heteroatoms. The molecule has 100 valence electrons. The van der Waals surface area contributed by atoms with E-state index < -0.39 is 40.4 Å². The van der Waals surface area contributed by atoms with Gasteiger partial charge in [-0.3, -0.25) is 4.79 Å². The van der Waals surface area contributed by atoms with Gasteiger partial charge in [-0.25, -0.2) is 0 Å². The predicted octanol–water partition coefficient (Wildman–Crippen LogP) is 4.24. The van der Waals surface area contributed by atoms with Crippen LogP contribution in [0, 0.1) is 6.92 Å². The molecule has 0 bridgehead atoms. The highest BCUT2D eigenvalue weighted by molar-refractivity contribution is 5.97.